The Labute approximate surface area is 140 Å². The smallest absolute Gasteiger partial charge is 0.485 e. The van der Waals surface area contributed by atoms with E-state index in [4.69, 9.17) is 18.9 Å². The molecule has 140 valence electrons. The lowest BCUT2D eigenvalue weighted by atomic mass is 9.92. The number of fused-ring (bicyclic) bond motifs is 3. The normalized spacial score (nSPS) is 28.1. The molecule has 2 bridgehead atoms. The first-order valence-corrected chi connectivity index (χ1v) is 7.18. The molecule has 25 heavy (non-hydrogen) atoms. The molecule has 3 aliphatic heterocycles. The first-order chi connectivity index (χ1) is 11.5. The maximum absolute atomic E-state index is 12.5. The van der Waals surface area contributed by atoms with Crippen LogP contribution in [0.5, 0.6) is 5.75 Å². The van der Waals surface area contributed by atoms with Crippen LogP contribution >= 0.6 is 0 Å². The summed E-state index contributed by atoms with van der Waals surface area (Å²) >= 11 is 0. The van der Waals surface area contributed by atoms with Crippen LogP contribution in [0.15, 0.2) is 24.3 Å². The van der Waals surface area contributed by atoms with Crippen molar-refractivity contribution in [1.82, 2.24) is 0 Å². The Balaban J connectivity index is 0.000000511. The highest BCUT2D eigenvalue weighted by Crippen LogP contribution is 2.38. The van der Waals surface area contributed by atoms with Crippen molar-refractivity contribution >= 4 is 7.54 Å². The molecule has 0 atom stereocenters. The summed E-state index contributed by atoms with van der Waals surface area (Å²) in [6, 6.07) is 4.45. The van der Waals surface area contributed by atoms with Gasteiger partial charge in [-0.25, -0.2) is 0 Å². The Bertz CT molecular complexity index is 538. The van der Waals surface area contributed by atoms with Crippen molar-refractivity contribution in [3.63, 3.8) is 0 Å². The number of hydrogen-bond donors (Lipinski definition) is 0. The zero-order valence-corrected chi connectivity index (χ0v) is 13.1. The summed E-state index contributed by atoms with van der Waals surface area (Å²) in [7, 11) is -3.67. The quantitative estimate of drug-likeness (QED) is 0.599. The maximum atomic E-state index is 12.5. The molecule has 0 amide bonds. The van der Waals surface area contributed by atoms with E-state index in [-0.39, 0.29) is 12.0 Å². The lowest BCUT2D eigenvalue weighted by Crippen LogP contribution is -2.61. The van der Waals surface area contributed by atoms with Crippen molar-refractivity contribution in [2.75, 3.05) is 26.4 Å². The zero-order chi connectivity index (χ0) is 18.7. The van der Waals surface area contributed by atoms with Crippen LogP contribution in [-0.2, 0) is 20.4 Å². The number of halogens is 6. The second-order valence-electron chi connectivity index (χ2n) is 5.92. The molecule has 1 aromatic carbocycles. The summed E-state index contributed by atoms with van der Waals surface area (Å²) in [4.78, 5) is 0. The van der Waals surface area contributed by atoms with Gasteiger partial charge in [-0.1, -0.05) is 6.92 Å². The molecule has 3 saturated heterocycles. The second kappa shape index (κ2) is 7.42. The summed E-state index contributed by atoms with van der Waals surface area (Å²) in [6.07, 6.45) is -4.36. The van der Waals surface area contributed by atoms with Crippen molar-refractivity contribution < 1.29 is 45.1 Å². The van der Waals surface area contributed by atoms with Crippen molar-refractivity contribution in [1.29, 1.82) is 0 Å². The van der Waals surface area contributed by atoms with Gasteiger partial charge in [-0.3, -0.25) is 12.9 Å². The fraction of sp³-hybridized carbons (Fsp3) is 0.571. The molecule has 0 saturated carbocycles. The van der Waals surface area contributed by atoms with Gasteiger partial charge in [-0.15, -0.1) is 0 Å². The molecule has 3 heterocycles. The number of alkyl halides is 3. The van der Waals surface area contributed by atoms with Crippen LogP contribution in [0.2, 0.25) is 0 Å². The van der Waals surface area contributed by atoms with Gasteiger partial charge >= 0.3 is 19.7 Å². The fourth-order valence-electron chi connectivity index (χ4n) is 2.14. The van der Waals surface area contributed by atoms with E-state index in [1.54, 1.807) is 0 Å². The molecule has 0 unspecified atom stereocenters. The molecule has 4 nitrogen and oxygen atoms in total. The molecule has 0 aliphatic carbocycles. The highest BCUT2D eigenvalue weighted by atomic mass is 19.4. The summed E-state index contributed by atoms with van der Waals surface area (Å²) in [5.74, 6) is -0.951. The molecule has 4 rings (SSSR count). The van der Waals surface area contributed by atoms with Crippen LogP contribution < -0.4 is 4.74 Å². The average Bonchev–Trinajstić information content (AvgIpc) is 2.54. The van der Waals surface area contributed by atoms with Gasteiger partial charge in [0.1, 0.15) is 5.75 Å². The largest absolute Gasteiger partial charge is 0.762 e. The number of hydrogen-bond acceptors (Lipinski definition) is 4. The highest BCUT2D eigenvalue weighted by Gasteiger charge is 2.51. The molecule has 3 fully saturated rings. The van der Waals surface area contributed by atoms with E-state index >= 15 is 0 Å². The highest BCUT2D eigenvalue weighted by molar-refractivity contribution is 6.33. The van der Waals surface area contributed by atoms with E-state index < -0.39 is 25.3 Å². The van der Waals surface area contributed by atoms with E-state index in [0.29, 0.717) is 25.6 Å². The molecule has 0 N–H and O–H groups in total. The lowest BCUT2D eigenvalue weighted by Gasteiger charge is -2.49. The van der Waals surface area contributed by atoms with Crippen molar-refractivity contribution in [2.45, 2.75) is 19.1 Å². The van der Waals surface area contributed by atoms with Gasteiger partial charge in [-0.2, -0.15) is 13.2 Å². The summed E-state index contributed by atoms with van der Waals surface area (Å²) < 4.78 is 88.3. The minimum absolute atomic E-state index is 0.0333. The monoisotopic (exact) mass is 372 g/mol. The van der Waals surface area contributed by atoms with Crippen LogP contribution in [0.25, 0.3) is 0 Å². The Morgan fingerprint density at radius 2 is 1.44 bits per heavy atom. The minimum atomic E-state index is -4.36. The van der Waals surface area contributed by atoms with Crippen LogP contribution in [0.1, 0.15) is 12.5 Å². The maximum Gasteiger partial charge on any atom is 0.762 e. The molecular weight excluding hydrogens is 357 g/mol. The lowest BCUT2D eigenvalue weighted by molar-refractivity contribution is -0.470. The Morgan fingerprint density at radius 3 is 1.84 bits per heavy atom. The summed E-state index contributed by atoms with van der Waals surface area (Å²) in [5.41, 5.74) is -0.862. The molecular formula is C14H15BF6O4. The van der Waals surface area contributed by atoms with Crippen molar-refractivity contribution in [2.24, 2.45) is 5.41 Å². The van der Waals surface area contributed by atoms with Crippen molar-refractivity contribution in [3.8, 4) is 5.75 Å². The third-order valence-corrected chi connectivity index (χ3v) is 3.52. The predicted molar refractivity (Wildman–Crippen MR) is 74.7 cm³/mol. The number of ether oxygens (including phenoxy) is 4. The van der Waals surface area contributed by atoms with Gasteiger partial charge in [0, 0.05) is 5.41 Å². The SMILES string of the molecule is CC12COC(COc3ccc(C(F)(F)F)cc3)(OC1)OC2.FB(F)F. The van der Waals surface area contributed by atoms with E-state index in [2.05, 4.69) is 0 Å². The first-order valence-electron chi connectivity index (χ1n) is 7.18. The molecule has 0 aromatic heterocycles. The zero-order valence-electron chi connectivity index (χ0n) is 13.1. The Kier molecular flexibility index (Phi) is 5.90. The van der Waals surface area contributed by atoms with Crippen molar-refractivity contribution in [3.05, 3.63) is 29.8 Å². The van der Waals surface area contributed by atoms with Gasteiger partial charge in [0.25, 0.3) is 0 Å². The fourth-order valence-corrected chi connectivity index (χ4v) is 2.14. The van der Waals surface area contributed by atoms with Crippen LogP contribution in [0, 0.1) is 5.41 Å². The van der Waals surface area contributed by atoms with Crippen LogP contribution in [0.4, 0.5) is 26.1 Å². The molecule has 0 spiro atoms. The molecule has 1 aromatic rings. The summed E-state index contributed by atoms with van der Waals surface area (Å²) in [5, 5.41) is 0. The van der Waals surface area contributed by atoms with Gasteiger partial charge in [0.2, 0.25) is 0 Å². The third kappa shape index (κ3) is 5.51. The molecule has 0 radical (unpaired) electrons. The predicted octanol–water partition coefficient (Wildman–Crippen LogP) is 3.70. The van der Waals surface area contributed by atoms with Crippen LogP contribution in [0.3, 0.4) is 0 Å². The topological polar surface area (TPSA) is 36.9 Å². The van der Waals surface area contributed by atoms with E-state index in [1.807, 2.05) is 6.92 Å². The standard InChI is InChI=1S/C14H15F3O4.BF3/c1-12-6-19-13(20-7-12,21-8-12)9-18-11-4-2-10(3-5-11)14(15,16)17;2-1(3)4/h2-5H,6-9H2,1H3;. The second-order valence-corrected chi connectivity index (χ2v) is 5.92. The van der Waals surface area contributed by atoms with E-state index in [0.717, 1.165) is 12.1 Å². The average molecular weight is 372 g/mol. The minimum Gasteiger partial charge on any atom is -0.485 e. The number of rotatable bonds is 3. The van der Waals surface area contributed by atoms with Gasteiger partial charge < -0.3 is 18.9 Å². The van der Waals surface area contributed by atoms with Gasteiger partial charge in [-0.05, 0) is 24.3 Å². The summed E-state index contributed by atoms with van der Waals surface area (Å²) in [6.45, 7) is 3.47. The third-order valence-electron chi connectivity index (χ3n) is 3.52. The Morgan fingerprint density at radius 1 is 1.00 bits per heavy atom. The first kappa shape index (κ1) is 19.9. The Hall–Kier alpha value is -1.46. The molecule has 11 heteroatoms. The van der Waals surface area contributed by atoms with Crippen LogP contribution in [-0.4, -0.2) is 39.9 Å². The number of benzene rings is 1. The van der Waals surface area contributed by atoms with E-state index in [1.165, 1.54) is 12.1 Å². The van der Waals surface area contributed by atoms with E-state index in [9.17, 15) is 26.1 Å². The van der Waals surface area contributed by atoms with Gasteiger partial charge in [0.15, 0.2) is 6.61 Å². The van der Waals surface area contributed by atoms with Gasteiger partial charge in [0.05, 0.1) is 25.4 Å². The molecule has 3 aliphatic rings.